The van der Waals surface area contributed by atoms with E-state index in [1.54, 1.807) is 23.7 Å². The fourth-order valence-corrected chi connectivity index (χ4v) is 2.86. The second-order valence-electron chi connectivity index (χ2n) is 3.83. The number of H-pyrrole nitrogens is 1. The summed E-state index contributed by atoms with van der Waals surface area (Å²) >= 11 is 1.78. The van der Waals surface area contributed by atoms with Crippen molar-refractivity contribution in [3.8, 4) is 0 Å². The van der Waals surface area contributed by atoms with Crippen molar-refractivity contribution in [2.75, 3.05) is 6.54 Å². The van der Waals surface area contributed by atoms with Crippen LogP contribution < -0.4 is 0 Å². The molecule has 3 rings (SSSR count). The Morgan fingerprint density at radius 1 is 1.56 bits per heavy atom. The Morgan fingerprint density at radius 3 is 3.31 bits per heavy atom. The maximum Gasteiger partial charge on any atom is 0.257 e. The van der Waals surface area contributed by atoms with Crippen molar-refractivity contribution in [2.24, 2.45) is 0 Å². The van der Waals surface area contributed by atoms with E-state index in [1.165, 1.54) is 10.4 Å². The maximum atomic E-state index is 12.1. The standard InChI is InChI=1S/C11H11N3OS/c15-11(9-5-12-13-6-9)14-3-1-10-8(7-14)2-4-16-10/h2,4-6H,1,3,7H2,(H,12,13). The topological polar surface area (TPSA) is 49.0 Å². The summed E-state index contributed by atoms with van der Waals surface area (Å²) in [7, 11) is 0. The summed E-state index contributed by atoms with van der Waals surface area (Å²) in [5, 5.41) is 8.56. The van der Waals surface area contributed by atoms with Crippen LogP contribution in [0, 0.1) is 0 Å². The molecule has 0 fully saturated rings. The number of nitrogens with one attached hydrogen (secondary N) is 1. The fourth-order valence-electron chi connectivity index (χ4n) is 1.97. The minimum atomic E-state index is 0.0607. The van der Waals surface area contributed by atoms with Crippen LogP contribution in [-0.4, -0.2) is 27.5 Å². The van der Waals surface area contributed by atoms with Crippen LogP contribution in [0.15, 0.2) is 23.8 Å². The van der Waals surface area contributed by atoms with Crippen LogP contribution in [0.4, 0.5) is 0 Å². The third-order valence-corrected chi connectivity index (χ3v) is 3.86. The molecule has 0 unspecified atom stereocenters. The number of aromatic amines is 1. The van der Waals surface area contributed by atoms with Gasteiger partial charge in [-0.3, -0.25) is 9.89 Å². The number of aromatic nitrogens is 2. The summed E-state index contributed by atoms with van der Waals surface area (Å²) in [6, 6.07) is 2.11. The zero-order chi connectivity index (χ0) is 11.0. The average molecular weight is 233 g/mol. The highest BCUT2D eigenvalue weighted by Gasteiger charge is 2.22. The zero-order valence-corrected chi connectivity index (χ0v) is 9.46. The number of carbonyl (C=O) groups is 1. The van der Waals surface area contributed by atoms with Crippen molar-refractivity contribution in [1.29, 1.82) is 0 Å². The molecule has 0 saturated carbocycles. The van der Waals surface area contributed by atoms with Gasteiger partial charge in [-0.1, -0.05) is 0 Å². The molecule has 4 nitrogen and oxygen atoms in total. The predicted molar refractivity (Wildman–Crippen MR) is 61.4 cm³/mol. The Labute approximate surface area is 96.9 Å². The van der Waals surface area contributed by atoms with Gasteiger partial charge in [0.1, 0.15) is 0 Å². The van der Waals surface area contributed by atoms with Gasteiger partial charge < -0.3 is 4.90 Å². The Balaban J connectivity index is 1.81. The van der Waals surface area contributed by atoms with Crippen LogP contribution in [-0.2, 0) is 13.0 Å². The average Bonchev–Trinajstić information content (AvgIpc) is 2.98. The van der Waals surface area contributed by atoms with E-state index < -0.39 is 0 Å². The molecule has 16 heavy (non-hydrogen) atoms. The summed E-state index contributed by atoms with van der Waals surface area (Å²) in [5.41, 5.74) is 1.92. The van der Waals surface area contributed by atoms with Gasteiger partial charge in [-0.05, 0) is 23.4 Å². The van der Waals surface area contributed by atoms with Gasteiger partial charge >= 0.3 is 0 Å². The summed E-state index contributed by atoms with van der Waals surface area (Å²) in [4.78, 5) is 15.3. The van der Waals surface area contributed by atoms with Crippen LogP contribution in [0.2, 0.25) is 0 Å². The highest BCUT2D eigenvalue weighted by atomic mass is 32.1. The number of hydrogen-bond acceptors (Lipinski definition) is 3. The third-order valence-electron chi connectivity index (χ3n) is 2.84. The van der Waals surface area contributed by atoms with Crippen LogP contribution in [0.25, 0.3) is 0 Å². The van der Waals surface area contributed by atoms with Crippen molar-refractivity contribution in [1.82, 2.24) is 15.1 Å². The molecule has 3 heterocycles. The van der Waals surface area contributed by atoms with Gasteiger partial charge in [-0.25, -0.2) is 0 Å². The first-order valence-electron chi connectivity index (χ1n) is 5.18. The van der Waals surface area contributed by atoms with Gasteiger partial charge in [0.2, 0.25) is 0 Å². The number of nitrogens with zero attached hydrogens (tertiary/aromatic N) is 2. The summed E-state index contributed by atoms with van der Waals surface area (Å²) in [6.45, 7) is 1.53. The van der Waals surface area contributed by atoms with Crippen molar-refractivity contribution < 1.29 is 4.79 Å². The van der Waals surface area contributed by atoms with Crippen molar-refractivity contribution in [3.63, 3.8) is 0 Å². The monoisotopic (exact) mass is 233 g/mol. The van der Waals surface area contributed by atoms with E-state index in [0.717, 1.165) is 19.5 Å². The van der Waals surface area contributed by atoms with Crippen molar-refractivity contribution in [3.05, 3.63) is 39.8 Å². The van der Waals surface area contributed by atoms with Crippen LogP contribution in [0.1, 0.15) is 20.8 Å². The molecular formula is C11H11N3OS. The second-order valence-corrected chi connectivity index (χ2v) is 4.83. The van der Waals surface area contributed by atoms with E-state index in [0.29, 0.717) is 5.56 Å². The highest BCUT2D eigenvalue weighted by molar-refractivity contribution is 7.10. The molecule has 0 radical (unpaired) electrons. The lowest BCUT2D eigenvalue weighted by Crippen LogP contribution is -2.35. The molecule has 1 aliphatic rings. The number of hydrogen-bond donors (Lipinski definition) is 1. The first-order chi connectivity index (χ1) is 7.84. The number of fused-ring (bicyclic) bond motifs is 1. The molecule has 0 atom stereocenters. The molecular weight excluding hydrogens is 222 g/mol. The number of thiophene rings is 1. The Bertz CT molecular complexity index is 503. The van der Waals surface area contributed by atoms with Gasteiger partial charge in [0.25, 0.3) is 5.91 Å². The molecule has 0 saturated heterocycles. The van der Waals surface area contributed by atoms with Gasteiger partial charge in [0, 0.05) is 24.2 Å². The number of rotatable bonds is 1. The lowest BCUT2D eigenvalue weighted by molar-refractivity contribution is 0.0736. The normalized spacial score (nSPS) is 14.9. The zero-order valence-electron chi connectivity index (χ0n) is 8.64. The quantitative estimate of drug-likeness (QED) is 0.814. The van der Waals surface area contributed by atoms with Gasteiger partial charge in [-0.2, -0.15) is 5.10 Å². The first-order valence-corrected chi connectivity index (χ1v) is 6.06. The fraction of sp³-hybridized carbons (Fsp3) is 0.273. The third kappa shape index (κ3) is 1.53. The van der Waals surface area contributed by atoms with Crippen LogP contribution in [0.5, 0.6) is 0 Å². The molecule has 2 aromatic heterocycles. The Hall–Kier alpha value is -1.62. The van der Waals surface area contributed by atoms with E-state index in [9.17, 15) is 4.79 Å². The minimum absolute atomic E-state index is 0.0607. The summed E-state index contributed by atoms with van der Waals surface area (Å²) < 4.78 is 0. The largest absolute Gasteiger partial charge is 0.334 e. The van der Waals surface area contributed by atoms with E-state index in [2.05, 4.69) is 21.6 Å². The second kappa shape index (κ2) is 3.75. The van der Waals surface area contributed by atoms with Crippen molar-refractivity contribution >= 4 is 17.2 Å². The molecule has 0 bridgehead atoms. The number of amides is 1. The van der Waals surface area contributed by atoms with E-state index in [4.69, 9.17) is 0 Å². The lowest BCUT2D eigenvalue weighted by atomic mass is 10.1. The molecule has 2 aromatic rings. The van der Waals surface area contributed by atoms with Crippen molar-refractivity contribution in [2.45, 2.75) is 13.0 Å². The number of carbonyl (C=O) groups excluding carboxylic acids is 1. The maximum absolute atomic E-state index is 12.1. The van der Waals surface area contributed by atoms with Crippen LogP contribution in [0.3, 0.4) is 0 Å². The van der Waals surface area contributed by atoms with Crippen LogP contribution >= 0.6 is 11.3 Å². The molecule has 82 valence electrons. The smallest absolute Gasteiger partial charge is 0.257 e. The molecule has 0 aromatic carbocycles. The van der Waals surface area contributed by atoms with E-state index in [1.807, 2.05) is 4.90 Å². The molecule has 0 aliphatic carbocycles. The van der Waals surface area contributed by atoms with Gasteiger partial charge in [-0.15, -0.1) is 11.3 Å². The summed E-state index contributed by atoms with van der Waals surface area (Å²) in [6.07, 6.45) is 4.19. The Morgan fingerprint density at radius 2 is 2.50 bits per heavy atom. The Kier molecular flexibility index (Phi) is 2.25. The SMILES string of the molecule is O=C(c1cn[nH]c1)N1CCc2sccc2C1. The van der Waals surface area contributed by atoms with E-state index >= 15 is 0 Å². The molecule has 1 aliphatic heterocycles. The molecule has 0 spiro atoms. The van der Waals surface area contributed by atoms with Gasteiger partial charge in [0.15, 0.2) is 0 Å². The minimum Gasteiger partial charge on any atom is -0.334 e. The molecule has 1 N–H and O–H groups in total. The van der Waals surface area contributed by atoms with Gasteiger partial charge in [0.05, 0.1) is 11.8 Å². The highest BCUT2D eigenvalue weighted by Crippen LogP contribution is 2.24. The summed E-state index contributed by atoms with van der Waals surface area (Å²) in [5.74, 6) is 0.0607. The first kappa shape index (κ1) is 9.59. The molecule has 5 heteroatoms. The predicted octanol–water partition coefficient (Wildman–Crippen LogP) is 1.67. The van der Waals surface area contributed by atoms with E-state index in [-0.39, 0.29) is 5.91 Å². The lowest BCUT2D eigenvalue weighted by Gasteiger charge is -2.26. The molecule has 1 amide bonds.